The molecule has 27 heavy (non-hydrogen) atoms. The van der Waals surface area contributed by atoms with Gasteiger partial charge in [-0.2, -0.15) is 0 Å². The van der Waals surface area contributed by atoms with Gasteiger partial charge in [0.25, 0.3) is 5.91 Å². The molecule has 0 aromatic heterocycles. The van der Waals surface area contributed by atoms with Crippen molar-refractivity contribution < 1.29 is 23.8 Å². The lowest BCUT2D eigenvalue weighted by Crippen LogP contribution is -2.36. The van der Waals surface area contributed by atoms with Crippen LogP contribution in [0.3, 0.4) is 0 Å². The normalized spacial score (nSPS) is 15.3. The number of hydrogen-bond acceptors (Lipinski definition) is 6. The number of esters is 1. The number of benzene rings is 1. The van der Waals surface area contributed by atoms with E-state index in [9.17, 15) is 9.59 Å². The molecular weight excluding hydrogens is 392 g/mol. The second-order valence-corrected chi connectivity index (χ2v) is 6.24. The Balaban J connectivity index is 2.38. The number of ether oxygens (including phenoxy) is 3. The van der Waals surface area contributed by atoms with E-state index in [1.54, 1.807) is 31.3 Å². The Hall–Kier alpha value is -2.58. The summed E-state index contributed by atoms with van der Waals surface area (Å²) in [6.45, 7) is 3.61. The highest BCUT2D eigenvalue weighted by Gasteiger charge is 2.37. The molecule has 144 valence electrons. The molecule has 1 aliphatic rings. The van der Waals surface area contributed by atoms with E-state index in [0.717, 1.165) is 0 Å². The fraction of sp³-hybridized carbons (Fsp3) is 0.278. The highest BCUT2D eigenvalue weighted by Crippen LogP contribution is 2.37. The SMILES string of the molecule is C=CCOc1c(Cl)cc(/C=C2/C(=O)N(CC(=O)OC)C(=S)N2C)cc1OC. The molecule has 1 fully saturated rings. The topological polar surface area (TPSA) is 68.3 Å². The molecule has 0 unspecified atom stereocenters. The Bertz CT molecular complexity index is 824. The number of carbonyl (C=O) groups is 2. The van der Waals surface area contributed by atoms with Crippen LogP contribution in [-0.4, -0.2) is 61.2 Å². The molecule has 1 aromatic rings. The standard InChI is InChI=1S/C18H19ClN2O5S/c1-5-6-26-16-12(19)7-11(9-14(16)24-3)8-13-17(23)21(10-15(22)25-4)18(27)20(13)2/h5,7-9H,1,6,10H2,2-4H3/b13-8-. The molecule has 1 saturated heterocycles. The highest BCUT2D eigenvalue weighted by atomic mass is 35.5. The molecule has 7 nitrogen and oxygen atoms in total. The van der Waals surface area contributed by atoms with E-state index in [1.165, 1.54) is 24.0 Å². The number of hydrogen-bond donors (Lipinski definition) is 0. The van der Waals surface area contributed by atoms with Crippen LogP contribution >= 0.6 is 23.8 Å². The van der Waals surface area contributed by atoms with E-state index in [1.807, 2.05) is 0 Å². The molecule has 9 heteroatoms. The van der Waals surface area contributed by atoms with Crippen LogP contribution in [-0.2, 0) is 14.3 Å². The molecule has 0 spiro atoms. The average Bonchev–Trinajstić information content (AvgIpc) is 2.84. The zero-order chi connectivity index (χ0) is 20.1. The minimum Gasteiger partial charge on any atom is -0.493 e. The van der Waals surface area contributed by atoms with Crippen molar-refractivity contribution in [2.75, 3.05) is 34.4 Å². The Kier molecular flexibility index (Phi) is 6.81. The van der Waals surface area contributed by atoms with Crippen LogP contribution in [0.25, 0.3) is 6.08 Å². The van der Waals surface area contributed by atoms with Gasteiger partial charge in [-0.1, -0.05) is 24.3 Å². The quantitative estimate of drug-likeness (QED) is 0.296. The molecule has 1 heterocycles. The molecule has 0 bridgehead atoms. The Morgan fingerprint density at radius 1 is 1.37 bits per heavy atom. The molecule has 1 aromatic carbocycles. The van der Waals surface area contributed by atoms with Gasteiger partial charge in [0.1, 0.15) is 18.8 Å². The first kappa shape index (κ1) is 20.7. The number of nitrogens with zero attached hydrogens (tertiary/aromatic N) is 2. The van der Waals surface area contributed by atoms with E-state index in [2.05, 4.69) is 11.3 Å². The van der Waals surface area contributed by atoms with Gasteiger partial charge in [-0.25, -0.2) is 0 Å². The summed E-state index contributed by atoms with van der Waals surface area (Å²) in [7, 11) is 4.38. The first-order valence-corrected chi connectivity index (χ1v) is 8.62. The molecule has 0 N–H and O–H groups in total. The molecule has 1 amide bonds. The van der Waals surface area contributed by atoms with Crippen LogP contribution in [0, 0.1) is 0 Å². The first-order valence-electron chi connectivity index (χ1n) is 7.83. The summed E-state index contributed by atoms with van der Waals surface area (Å²) >= 11 is 11.5. The van der Waals surface area contributed by atoms with Crippen molar-refractivity contribution >= 4 is 46.9 Å². The predicted molar refractivity (Wildman–Crippen MR) is 106 cm³/mol. The fourth-order valence-electron chi connectivity index (χ4n) is 2.41. The number of methoxy groups -OCH3 is 2. The minimum atomic E-state index is -0.561. The second kappa shape index (κ2) is 8.88. The minimum absolute atomic E-state index is 0.209. The maximum atomic E-state index is 12.7. The van der Waals surface area contributed by atoms with Crippen molar-refractivity contribution in [3.8, 4) is 11.5 Å². The van der Waals surface area contributed by atoms with E-state index < -0.39 is 11.9 Å². The van der Waals surface area contributed by atoms with E-state index in [4.69, 9.17) is 33.3 Å². The number of rotatable bonds is 7. The summed E-state index contributed by atoms with van der Waals surface area (Å²) < 4.78 is 15.4. The maximum absolute atomic E-state index is 12.7. The maximum Gasteiger partial charge on any atom is 0.325 e. The number of amides is 1. The fourth-order valence-corrected chi connectivity index (χ4v) is 2.93. The largest absolute Gasteiger partial charge is 0.493 e. The molecule has 0 saturated carbocycles. The summed E-state index contributed by atoms with van der Waals surface area (Å²) in [4.78, 5) is 26.9. The van der Waals surface area contributed by atoms with Crippen molar-refractivity contribution in [2.45, 2.75) is 0 Å². The van der Waals surface area contributed by atoms with Crippen molar-refractivity contribution in [1.82, 2.24) is 9.80 Å². The average molecular weight is 411 g/mol. The molecule has 1 aliphatic heterocycles. The number of carbonyl (C=O) groups excluding carboxylic acids is 2. The van der Waals surface area contributed by atoms with Crippen molar-refractivity contribution in [2.24, 2.45) is 0 Å². The summed E-state index contributed by atoms with van der Waals surface area (Å²) in [6, 6.07) is 3.33. The molecular formula is C18H19ClN2O5S. The van der Waals surface area contributed by atoms with E-state index in [0.29, 0.717) is 27.8 Å². The molecule has 0 atom stereocenters. The van der Waals surface area contributed by atoms with Crippen LogP contribution in [0.5, 0.6) is 11.5 Å². The van der Waals surface area contributed by atoms with Gasteiger partial charge in [-0.05, 0) is 36.0 Å². The summed E-state index contributed by atoms with van der Waals surface area (Å²) in [5.41, 5.74) is 0.905. The summed E-state index contributed by atoms with van der Waals surface area (Å²) in [6.07, 6.45) is 3.20. The van der Waals surface area contributed by atoms with Crippen LogP contribution in [0.4, 0.5) is 0 Å². The molecule has 2 rings (SSSR count). The van der Waals surface area contributed by atoms with Gasteiger partial charge in [-0.3, -0.25) is 14.5 Å². The van der Waals surface area contributed by atoms with Gasteiger partial charge in [-0.15, -0.1) is 0 Å². The van der Waals surface area contributed by atoms with Crippen LogP contribution < -0.4 is 9.47 Å². The van der Waals surface area contributed by atoms with Gasteiger partial charge in [0.2, 0.25) is 0 Å². The van der Waals surface area contributed by atoms with Gasteiger partial charge in [0.05, 0.1) is 19.2 Å². The van der Waals surface area contributed by atoms with Crippen LogP contribution in [0.1, 0.15) is 5.56 Å². The van der Waals surface area contributed by atoms with Gasteiger partial charge < -0.3 is 19.1 Å². The third-order valence-corrected chi connectivity index (χ3v) is 4.53. The lowest BCUT2D eigenvalue weighted by atomic mass is 10.1. The van der Waals surface area contributed by atoms with Gasteiger partial charge in [0, 0.05) is 7.05 Å². The Morgan fingerprint density at radius 3 is 2.67 bits per heavy atom. The van der Waals surface area contributed by atoms with Crippen LogP contribution in [0.15, 0.2) is 30.5 Å². The summed E-state index contributed by atoms with van der Waals surface area (Å²) in [5, 5.41) is 0.533. The third-order valence-electron chi connectivity index (χ3n) is 3.76. The smallest absolute Gasteiger partial charge is 0.325 e. The lowest BCUT2D eigenvalue weighted by molar-refractivity contribution is -0.143. The predicted octanol–water partition coefficient (Wildman–Crippen LogP) is 2.49. The van der Waals surface area contributed by atoms with Crippen LogP contribution in [0.2, 0.25) is 5.02 Å². The first-order chi connectivity index (χ1) is 12.8. The second-order valence-electron chi connectivity index (χ2n) is 5.47. The zero-order valence-electron chi connectivity index (χ0n) is 15.2. The van der Waals surface area contributed by atoms with Gasteiger partial charge >= 0.3 is 5.97 Å². The zero-order valence-corrected chi connectivity index (χ0v) is 16.7. The lowest BCUT2D eigenvalue weighted by Gasteiger charge is -2.14. The third kappa shape index (κ3) is 4.40. The van der Waals surface area contributed by atoms with E-state index in [-0.39, 0.29) is 18.3 Å². The van der Waals surface area contributed by atoms with Crippen molar-refractivity contribution in [1.29, 1.82) is 0 Å². The number of likely N-dealkylation sites (N-methyl/N-ethyl adjacent to an activating group) is 1. The highest BCUT2D eigenvalue weighted by molar-refractivity contribution is 7.80. The van der Waals surface area contributed by atoms with Gasteiger partial charge in [0.15, 0.2) is 16.6 Å². The molecule has 0 aliphatic carbocycles. The summed E-state index contributed by atoms with van der Waals surface area (Å²) in [5.74, 6) is -0.169. The number of halogens is 1. The Morgan fingerprint density at radius 2 is 2.07 bits per heavy atom. The van der Waals surface area contributed by atoms with Crippen molar-refractivity contribution in [3.63, 3.8) is 0 Å². The Labute approximate surface area is 167 Å². The number of thiocarbonyl (C=S) groups is 1. The monoisotopic (exact) mass is 410 g/mol. The van der Waals surface area contributed by atoms with Crippen molar-refractivity contribution in [3.05, 3.63) is 41.1 Å². The molecule has 0 radical (unpaired) electrons. The van der Waals surface area contributed by atoms with E-state index >= 15 is 0 Å².